The third-order valence-electron chi connectivity index (χ3n) is 2.84. The van der Waals surface area contributed by atoms with E-state index in [2.05, 4.69) is 5.32 Å². The fraction of sp³-hybridized carbons (Fsp3) is 0.118. The fourth-order valence-electron chi connectivity index (χ4n) is 1.88. The summed E-state index contributed by atoms with van der Waals surface area (Å²) in [5.74, 6) is 0.720. The number of carbonyl (C=O) groups excluding carboxylic acids is 1. The molecular weight excluding hydrogens is 250 g/mol. The Hall–Kier alpha value is -2.55. The number of carbonyl (C=O) groups is 1. The lowest BCUT2D eigenvalue weighted by atomic mass is 10.1. The molecule has 1 N–H and O–H groups in total. The number of benzene rings is 2. The summed E-state index contributed by atoms with van der Waals surface area (Å²) in [6.07, 6.45) is 1.59. The van der Waals surface area contributed by atoms with Crippen LogP contribution in [0.3, 0.4) is 0 Å². The number of rotatable bonds is 5. The average molecular weight is 267 g/mol. The molecule has 0 aliphatic rings. The van der Waals surface area contributed by atoms with Gasteiger partial charge in [-0.2, -0.15) is 0 Å². The Morgan fingerprint density at radius 3 is 2.40 bits per heavy atom. The molecule has 20 heavy (non-hydrogen) atoms. The van der Waals surface area contributed by atoms with Crippen molar-refractivity contribution in [3.05, 3.63) is 71.9 Å². The van der Waals surface area contributed by atoms with Crippen molar-refractivity contribution in [3.8, 4) is 5.75 Å². The molecule has 0 bridgehead atoms. The lowest BCUT2D eigenvalue weighted by Crippen LogP contribution is -2.02. The molecule has 2 aromatic rings. The topological polar surface area (TPSA) is 38.3 Å². The molecule has 0 aliphatic heterocycles. The molecule has 2 rings (SSSR count). The van der Waals surface area contributed by atoms with Gasteiger partial charge in [0, 0.05) is 17.3 Å². The molecular formula is C17H17NO2. The van der Waals surface area contributed by atoms with E-state index in [1.54, 1.807) is 25.3 Å². The van der Waals surface area contributed by atoms with Gasteiger partial charge in [0.1, 0.15) is 5.75 Å². The summed E-state index contributed by atoms with van der Waals surface area (Å²) in [7, 11) is 1.62. The Labute approximate surface area is 118 Å². The minimum Gasteiger partial charge on any atom is -0.495 e. The number of ether oxygens (including phenoxy) is 1. The minimum atomic E-state index is -0.0227. The Morgan fingerprint density at radius 1 is 1.05 bits per heavy atom. The van der Waals surface area contributed by atoms with Crippen LogP contribution in [0.1, 0.15) is 17.3 Å². The first-order valence-corrected chi connectivity index (χ1v) is 6.38. The van der Waals surface area contributed by atoms with E-state index in [0.717, 1.165) is 17.1 Å². The predicted octanol–water partition coefficient (Wildman–Crippen LogP) is 3.89. The summed E-state index contributed by atoms with van der Waals surface area (Å²) in [4.78, 5) is 12.1. The van der Waals surface area contributed by atoms with Gasteiger partial charge in [-0.3, -0.25) is 4.79 Å². The van der Waals surface area contributed by atoms with Crippen molar-refractivity contribution in [1.82, 2.24) is 0 Å². The Bertz CT molecular complexity index is 618. The molecule has 0 spiro atoms. The standard InChI is InChI=1S/C17H17NO2/c1-13(12-16(19)14-8-4-3-5-9-14)18-15-10-6-7-11-17(15)20-2/h3-12,18H,1-2H3. The third kappa shape index (κ3) is 3.48. The summed E-state index contributed by atoms with van der Waals surface area (Å²) in [6, 6.07) is 16.8. The number of para-hydroxylation sites is 2. The van der Waals surface area contributed by atoms with Gasteiger partial charge in [-0.05, 0) is 19.1 Å². The zero-order valence-corrected chi connectivity index (χ0v) is 11.6. The second-order valence-electron chi connectivity index (χ2n) is 4.38. The molecule has 0 heterocycles. The van der Waals surface area contributed by atoms with E-state index in [9.17, 15) is 4.79 Å². The van der Waals surface area contributed by atoms with Crippen LogP contribution < -0.4 is 10.1 Å². The molecule has 3 heteroatoms. The number of allylic oxidation sites excluding steroid dienone is 2. The van der Waals surface area contributed by atoms with Crippen LogP contribution in [0, 0.1) is 0 Å². The van der Waals surface area contributed by atoms with Crippen LogP contribution in [0.4, 0.5) is 5.69 Å². The molecule has 102 valence electrons. The maximum Gasteiger partial charge on any atom is 0.187 e. The number of methoxy groups -OCH3 is 1. The first-order valence-electron chi connectivity index (χ1n) is 6.38. The molecule has 2 aromatic carbocycles. The molecule has 0 fully saturated rings. The van der Waals surface area contributed by atoms with Gasteiger partial charge in [0.25, 0.3) is 0 Å². The lowest BCUT2D eigenvalue weighted by Gasteiger charge is -2.10. The molecule has 0 saturated heterocycles. The van der Waals surface area contributed by atoms with Crippen molar-refractivity contribution < 1.29 is 9.53 Å². The highest BCUT2D eigenvalue weighted by Gasteiger charge is 2.04. The van der Waals surface area contributed by atoms with Gasteiger partial charge in [0.15, 0.2) is 5.78 Å². The number of hydrogen-bond acceptors (Lipinski definition) is 3. The predicted molar refractivity (Wildman–Crippen MR) is 81.1 cm³/mol. The molecule has 0 amide bonds. The Balaban J connectivity index is 2.13. The first-order chi connectivity index (χ1) is 9.70. The molecule has 0 radical (unpaired) electrons. The van der Waals surface area contributed by atoms with Gasteiger partial charge in [0.2, 0.25) is 0 Å². The van der Waals surface area contributed by atoms with Gasteiger partial charge in [-0.15, -0.1) is 0 Å². The Kier molecular flexibility index (Phi) is 4.56. The second-order valence-corrected chi connectivity index (χ2v) is 4.38. The van der Waals surface area contributed by atoms with Crippen LogP contribution >= 0.6 is 0 Å². The van der Waals surface area contributed by atoms with Crippen molar-refractivity contribution in [2.24, 2.45) is 0 Å². The monoisotopic (exact) mass is 267 g/mol. The van der Waals surface area contributed by atoms with Crippen molar-refractivity contribution in [1.29, 1.82) is 0 Å². The summed E-state index contributed by atoms with van der Waals surface area (Å²) in [5.41, 5.74) is 2.28. The minimum absolute atomic E-state index is 0.0227. The van der Waals surface area contributed by atoms with E-state index in [4.69, 9.17) is 4.74 Å². The molecule has 0 saturated carbocycles. The largest absolute Gasteiger partial charge is 0.495 e. The number of hydrogen-bond donors (Lipinski definition) is 1. The molecule has 0 atom stereocenters. The van der Waals surface area contributed by atoms with Crippen molar-refractivity contribution in [3.63, 3.8) is 0 Å². The second kappa shape index (κ2) is 6.57. The van der Waals surface area contributed by atoms with Gasteiger partial charge in [-0.1, -0.05) is 42.5 Å². The van der Waals surface area contributed by atoms with E-state index in [1.807, 2.05) is 49.4 Å². The fourth-order valence-corrected chi connectivity index (χ4v) is 1.88. The van der Waals surface area contributed by atoms with E-state index in [0.29, 0.717) is 5.56 Å². The highest BCUT2D eigenvalue weighted by atomic mass is 16.5. The highest BCUT2D eigenvalue weighted by Crippen LogP contribution is 2.24. The normalized spacial score (nSPS) is 11.0. The van der Waals surface area contributed by atoms with Gasteiger partial charge < -0.3 is 10.1 Å². The zero-order valence-electron chi connectivity index (χ0n) is 11.6. The van der Waals surface area contributed by atoms with E-state index < -0.39 is 0 Å². The van der Waals surface area contributed by atoms with E-state index in [-0.39, 0.29) is 5.78 Å². The summed E-state index contributed by atoms with van der Waals surface area (Å²) in [6.45, 7) is 1.85. The van der Waals surface area contributed by atoms with Crippen LogP contribution in [-0.2, 0) is 0 Å². The summed E-state index contributed by atoms with van der Waals surface area (Å²) >= 11 is 0. The van der Waals surface area contributed by atoms with E-state index >= 15 is 0 Å². The number of ketones is 1. The SMILES string of the molecule is COc1ccccc1NC(C)=CC(=O)c1ccccc1. The van der Waals surface area contributed by atoms with Crippen molar-refractivity contribution >= 4 is 11.5 Å². The average Bonchev–Trinajstić information content (AvgIpc) is 2.48. The summed E-state index contributed by atoms with van der Waals surface area (Å²) < 4.78 is 5.26. The van der Waals surface area contributed by atoms with Crippen LogP contribution in [0.2, 0.25) is 0 Å². The molecule has 0 aliphatic carbocycles. The maximum absolute atomic E-state index is 12.1. The number of anilines is 1. The summed E-state index contributed by atoms with van der Waals surface area (Å²) in [5, 5.41) is 3.18. The Morgan fingerprint density at radius 2 is 1.70 bits per heavy atom. The van der Waals surface area contributed by atoms with Crippen molar-refractivity contribution in [2.45, 2.75) is 6.92 Å². The maximum atomic E-state index is 12.1. The van der Waals surface area contributed by atoms with Gasteiger partial charge >= 0.3 is 0 Å². The van der Waals surface area contributed by atoms with Crippen LogP contribution in [-0.4, -0.2) is 12.9 Å². The van der Waals surface area contributed by atoms with E-state index in [1.165, 1.54) is 0 Å². The quantitative estimate of drug-likeness (QED) is 0.659. The zero-order chi connectivity index (χ0) is 14.4. The molecule has 0 aromatic heterocycles. The van der Waals surface area contributed by atoms with Crippen LogP contribution in [0.5, 0.6) is 5.75 Å². The van der Waals surface area contributed by atoms with Gasteiger partial charge in [-0.25, -0.2) is 0 Å². The lowest BCUT2D eigenvalue weighted by molar-refractivity contribution is 0.104. The molecule has 3 nitrogen and oxygen atoms in total. The molecule has 0 unspecified atom stereocenters. The third-order valence-corrected chi connectivity index (χ3v) is 2.84. The smallest absolute Gasteiger partial charge is 0.187 e. The van der Waals surface area contributed by atoms with Crippen molar-refractivity contribution in [2.75, 3.05) is 12.4 Å². The first kappa shape index (κ1) is 13.9. The van der Waals surface area contributed by atoms with Gasteiger partial charge in [0.05, 0.1) is 12.8 Å². The van der Waals surface area contributed by atoms with Crippen LogP contribution in [0.25, 0.3) is 0 Å². The highest BCUT2D eigenvalue weighted by molar-refractivity contribution is 6.05. The van der Waals surface area contributed by atoms with Crippen LogP contribution in [0.15, 0.2) is 66.4 Å². The number of nitrogens with one attached hydrogen (secondary N) is 1.